The predicted molar refractivity (Wildman–Crippen MR) is 42.7 cm³/mol. The molecule has 0 aliphatic heterocycles. The van der Waals surface area contributed by atoms with E-state index in [1.54, 1.807) is 0 Å². The highest BCUT2D eigenvalue weighted by atomic mass is 16.4. The second kappa shape index (κ2) is 2.46. The number of carboxylic acids is 1. The highest BCUT2D eigenvalue weighted by molar-refractivity contribution is 5.76. The molecule has 1 spiro atoms. The lowest BCUT2D eigenvalue weighted by Crippen LogP contribution is -2.14. The molecule has 3 nitrogen and oxygen atoms in total. The number of aliphatic hydroxyl groups excluding tert-OH is 1. The molecule has 2 atom stereocenters. The van der Waals surface area contributed by atoms with Crippen molar-refractivity contribution in [2.24, 2.45) is 11.3 Å². The van der Waals surface area contributed by atoms with Crippen molar-refractivity contribution in [1.82, 2.24) is 0 Å². The van der Waals surface area contributed by atoms with Crippen molar-refractivity contribution in [1.29, 1.82) is 0 Å². The maximum absolute atomic E-state index is 10.7. The summed E-state index contributed by atoms with van der Waals surface area (Å²) in [6.45, 7) is 0. The lowest BCUT2D eigenvalue weighted by molar-refractivity contribution is -0.140. The number of hydrogen-bond acceptors (Lipinski definition) is 2. The third-order valence-corrected chi connectivity index (χ3v) is 3.47. The second-order valence-electron chi connectivity index (χ2n) is 4.05. The van der Waals surface area contributed by atoms with E-state index >= 15 is 0 Å². The van der Waals surface area contributed by atoms with Crippen LogP contribution >= 0.6 is 0 Å². The minimum atomic E-state index is -0.815. The summed E-state index contributed by atoms with van der Waals surface area (Å²) in [5, 5.41) is 18.3. The Balaban J connectivity index is 2.08. The predicted octanol–water partition coefficient (Wildman–Crippen LogP) is 1.01. The number of carboxylic acid groups (broad SMARTS) is 1. The molecule has 0 amide bonds. The van der Waals surface area contributed by atoms with Crippen LogP contribution in [0.4, 0.5) is 0 Å². The number of aliphatic hydroxyl groups is 1. The molecule has 12 heavy (non-hydrogen) atoms. The van der Waals surface area contributed by atoms with Crippen LogP contribution in [0.3, 0.4) is 0 Å². The molecule has 0 aromatic rings. The van der Waals surface area contributed by atoms with Gasteiger partial charge in [0.15, 0.2) is 0 Å². The van der Waals surface area contributed by atoms with Gasteiger partial charge in [-0.3, -0.25) is 4.79 Å². The van der Waals surface area contributed by atoms with Crippen LogP contribution in [0, 0.1) is 11.3 Å². The Labute approximate surface area is 71.4 Å². The van der Waals surface area contributed by atoms with Gasteiger partial charge in [-0.15, -0.1) is 0 Å². The Bertz CT molecular complexity index is 206. The summed E-state index contributed by atoms with van der Waals surface area (Å²) in [5.41, 5.74) is -0.218. The van der Waals surface area contributed by atoms with Gasteiger partial charge in [0, 0.05) is 5.41 Å². The van der Waals surface area contributed by atoms with Crippen LogP contribution in [0.25, 0.3) is 0 Å². The molecular formula is C9H14O3. The lowest BCUT2D eigenvalue weighted by Gasteiger charge is -2.21. The molecule has 2 aliphatic rings. The molecule has 2 fully saturated rings. The summed E-state index contributed by atoms with van der Waals surface area (Å²) in [4.78, 5) is 10.7. The van der Waals surface area contributed by atoms with Crippen LogP contribution in [-0.2, 0) is 4.79 Å². The van der Waals surface area contributed by atoms with E-state index in [0.29, 0.717) is 0 Å². The molecule has 3 heteroatoms. The first-order valence-electron chi connectivity index (χ1n) is 4.59. The maximum atomic E-state index is 10.7. The van der Waals surface area contributed by atoms with E-state index < -0.39 is 18.0 Å². The van der Waals surface area contributed by atoms with E-state index in [-0.39, 0.29) is 5.41 Å². The van der Waals surface area contributed by atoms with Gasteiger partial charge in [0.05, 0.1) is 12.0 Å². The monoisotopic (exact) mass is 170 g/mol. The Morgan fingerprint density at radius 1 is 1.25 bits per heavy atom. The normalized spacial score (nSPS) is 38.1. The third-order valence-electron chi connectivity index (χ3n) is 3.47. The Morgan fingerprint density at radius 3 is 2.25 bits per heavy atom. The molecule has 0 aromatic carbocycles. The van der Waals surface area contributed by atoms with Crippen molar-refractivity contribution in [3.63, 3.8) is 0 Å². The number of aliphatic carboxylic acids is 1. The highest BCUT2D eigenvalue weighted by Crippen LogP contribution is 2.61. The van der Waals surface area contributed by atoms with Gasteiger partial charge in [-0.05, 0) is 12.8 Å². The highest BCUT2D eigenvalue weighted by Gasteiger charge is 2.67. The summed E-state index contributed by atoms with van der Waals surface area (Å²) in [7, 11) is 0. The first-order chi connectivity index (χ1) is 5.68. The van der Waals surface area contributed by atoms with Crippen LogP contribution < -0.4 is 0 Å². The minimum Gasteiger partial charge on any atom is -0.481 e. The zero-order valence-corrected chi connectivity index (χ0v) is 6.99. The van der Waals surface area contributed by atoms with Crippen molar-refractivity contribution in [3.8, 4) is 0 Å². The van der Waals surface area contributed by atoms with Crippen molar-refractivity contribution in [2.75, 3.05) is 0 Å². The topological polar surface area (TPSA) is 57.5 Å². The summed E-state index contributed by atoms with van der Waals surface area (Å²) < 4.78 is 0. The van der Waals surface area contributed by atoms with Crippen LogP contribution in [0.1, 0.15) is 32.1 Å². The molecule has 2 N–H and O–H groups in total. The van der Waals surface area contributed by atoms with Gasteiger partial charge in [0.2, 0.25) is 0 Å². The largest absolute Gasteiger partial charge is 0.481 e. The molecule has 0 heterocycles. The van der Waals surface area contributed by atoms with Gasteiger partial charge in [-0.1, -0.05) is 19.3 Å². The number of rotatable bonds is 1. The lowest BCUT2D eigenvalue weighted by atomic mass is 9.84. The van der Waals surface area contributed by atoms with Crippen molar-refractivity contribution in [2.45, 2.75) is 38.2 Å². The number of hydrogen-bond donors (Lipinski definition) is 2. The second-order valence-corrected chi connectivity index (χ2v) is 4.05. The van der Waals surface area contributed by atoms with Gasteiger partial charge in [0.1, 0.15) is 0 Å². The molecule has 0 aromatic heterocycles. The Kier molecular flexibility index (Phi) is 1.65. The SMILES string of the molecule is O=C(O)C1C(O)C12CCCCC2. The summed E-state index contributed by atoms with van der Waals surface area (Å²) in [6.07, 6.45) is 4.62. The third kappa shape index (κ3) is 0.891. The molecule has 68 valence electrons. The Hall–Kier alpha value is -0.570. The molecule has 2 aliphatic carbocycles. The van der Waals surface area contributed by atoms with Gasteiger partial charge < -0.3 is 10.2 Å². The molecule has 0 radical (unpaired) electrons. The molecule has 0 saturated heterocycles. The van der Waals surface area contributed by atoms with E-state index in [1.165, 1.54) is 6.42 Å². The molecule has 2 saturated carbocycles. The van der Waals surface area contributed by atoms with Crippen molar-refractivity contribution in [3.05, 3.63) is 0 Å². The van der Waals surface area contributed by atoms with Crippen LogP contribution in [-0.4, -0.2) is 22.3 Å². The minimum absolute atomic E-state index is 0.218. The van der Waals surface area contributed by atoms with E-state index in [9.17, 15) is 9.90 Å². The number of carbonyl (C=O) groups is 1. The zero-order valence-electron chi connectivity index (χ0n) is 6.99. The van der Waals surface area contributed by atoms with Crippen LogP contribution in [0.2, 0.25) is 0 Å². The van der Waals surface area contributed by atoms with Crippen LogP contribution in [0.15, 0.2) is 0 Å². The standard InChI is InChI=1S/C9H14O3/c10-7-6(8(11)12)9(7)4-2-1-3-5-9/h6-7,10H,1-5H2,(H,11,12). The molecule has 2 unspecified atom stereocenters. The zero-order chi connectivity index (χ0) is 8.77. The fourth-order valence-electron chi connectivity index (χ4n) is 2.67. The average Bonchev–Trinajstić information content (AvgIpc) is 2.57. The molecule has 0 bridgehead atoms. The summed E-state index contributed by atoms with van der Waals surface area (Å²) in [6, 6.07) is 0. The summed E-state index contributed by atoms with van der Waals surface area (Å²) >= 11 is 0. The van der Waals surface area contributed by atoms with Crippen LogP contribution in [0.5, 0.6) is 0 Å². The first-order valence-corrected chi connectivity index (χ1v) is 4.59. The Morgan fingerprint density at radius 2 is 1.83 bits per heavy atom. The van der Waals surface area contributed by atoms with Gasteiger partial charge >= 0.3 is 5.97 Å². The van der Waals surface area contributed by atoms with Gasteiger partial charge in [-0.25, -0.2) is 0 Å². The van der Waals surface area contributed by atoms with Gasteiger partial charge in [0.25, 0.3) is 0 Å². The van der Waals surface area contributed by atoms with E-state index in [0.717, 1.165) is 25.7 Å². The fraction of sp³-hybridized carbons (Fsp3) is 0.889. The first kappa shape index (κ1) is 8.05. The smallest absolute Gasteiger partial charge is 0.309 e. The average molecular weight is 170 g/mol. The quantitative estimate of drug-likeness (QED) is 0.617. The van der Waals surface area contributed by atoms with E-state index in [4.69, 9.17) is 5.11 Å². The van der Waals surface area contributed by atoms with Crippen molar-refractivity contribution >= 4 is 5.97 Å². The molecular weight excluding hydrogens is 156 g/mol. The summed E-state index contributed by atoms with van der Waals surface area (Å²) in [5.74, 6) is -1.28. The maximum Gasteiger partial charge on any atom is 0.309 e. The van der Waals surface area contributed by atoms with E-state index in [2.05, 4.69) is 0 Å². The fourth-order valence-corrected chi connectivity index (χ4v) is 2.67. The molecule has 2 rings (SSSR count). The van der Waals surface area contributed by atoms with Crippen molar-refractivity contribution < 1.29 is 15.0 Å². The van der Waals surface area contributed by atoms with E-state index in [1.807, 2.05) is 0 Å². The van der Waals surface area contributed by atoms with Gasteiger partial charge in [-0.2, -0.15) is 0 Å².